The molecule has 2 N–H and O–H groups in total. The number of halogens is 2. The van der Waals surface area contributed by atoms with Crippen LogP contribution in [0.3, 0.4) is 0 Å². The number of nitrogens with zero attached hydrogens (tertiary/aromatic N) is 2. The van der Waals surface area contributed by atoms with Gasteiger partial charge in [0.25, 0.3) is 5.91 Å². The van der Waals surface area contributed by atoms with Crippen LogP contribution in [0.2, 0.25) is 0 Å². The van der Waals surface area contributed by atoms with Gasteiger partial charge in [0, 0.05) is 62.7 Å². The van der Waals surface area contributed by atoms with Crippen molar-refractivity contribution >= 4 is 57.2 Å². The molecular formula is C18H24Cl2N4O3S. The first-order chi connectivity index (χ1) is 12.5. The normalized spacial score (nSPS) is 16.8. The van der Waals surface area contributed by atoms with Crippen LogP contribution in [0.1, 0.15) is 10.4 Å². The lowest BCUT2D eigenvalue weighted by Gasteiger charge is -2.27. The number of benzene rings is 2. The Labute approximate surface area is 177 Å². The maximum atomic E-state index is 12.9. The molecule has 2 aliphatic rings. The van der Waals surface area contributed by atoms with Gasteiger partial charge in [0.05, 0.1) is 10.6 Å². The van der Waals surface area contributed by atoms with E-state index in [0.29, 0.717) is 29.4 Å². The van der Waals surface area contributed by atoms with Crippen LogP contribution in [0.5, 0.6) is 0 Å². The minimum atomic E-state index is -3.65. The van der Waals surface area contributed by atoms with Crippen LogP contribution in [-0.2, 0) is 10.0 Å². The first-order valence-corrected chi connectivity index (χ1v) is 10.2. The molecule has 2 aliphatic heterocycles. The maximum Gasteiger partial charge on any atom is 0.258 e. The predicted molar refractivity (Wildman–Crippen MR) is 116 cm³/mol. The second kappa shape index (κ2) is 8.94. The molecule has 10 heteroatoms. The lowest BCUT2D eigenvalue weighted by atomic mass is 10.1. The molecule has 0 radical (unpaired) electrons. The average molecular weight is 447 g/mol. The predicted octanol–water partition coefficient (Wildman–Crippen LogP) is 1.46. The monoisotopic (exact) mass is 446 g/mol. The van der Waals surface area contributed by atoms with E-state index in [1.165, 1.54) is 0 Å². The van der Waals surface area contributed by atoms with Crippen molar-refractivity contribution in [3.05, 3.63) is 35.9 Å². The number of hydrogen-bond acceptors (Lipinski definition) is 5. The van der Waals surface area contributed by atoms with Gasteiger partial charge in [-0.15, -0.1) is 24.8 Å². The molecule has 0 spiro atoms. The zero-order chi connectivity index (χ0) is 18.3. The minimum Gasteiger partial charge on any atom is -0.314 e. The van der Waals surface area contributed by atoms with Crippen molar-refractivity contribution in [3.63, 3.8) is 0 Å². The third kappa shape index (κ3) is 3.98. The summed E-state index contributed by atoms with van der Waals surface area (Å²) < 4.78 is 28.4. The number of carbonyl (C=O) groups excluding carboxylic acids is 1. The second-order valence-corrected chi connectivity index (χ2v) is 8.40. The zero-order valence-corrected chi connectivity index (χ0v) is 17.9. The Morgan fingerprint density at radius 1 is 1.11 bits per heavy atom. The number of sulfonamides is 1. The second-order valence-electron chi connectivity index (χ2n) is 6.66. The molecule has 0 aliphatic carbocycles. The SMILES string of the molecule is CN1C(=O)c2cccc3c(S(=O)(=O)NCCN4CCNCC4)ccc1c23.Cl.Cl. The Morgan fingerprint density at radius 2 is 1.82 bits per heavy atom. The summed E-state index contributed by atoms with van der Waals surface area (Å²) in [6.45, 7) is 4.77. The molecule has 0 unspecified atom stereocenters. The Kier molecular flexibility index (Phi) is 7.30. The first kappa shape index (κ1) is 22.9. The number of amides is 1. The molecule has 0 bridgehead atoms. The standard InChI is InChI=1S/C18H22N4O3S.2ClH/c1-21-15-5-6-16(13-3-2-4-14(17(13)15)18(21)23)26(24,25)20-9-12-22-10-7-19-8-11-22;;/h2-6,19-20H,7-12H2,1H3;2*1H. The van der Waals surface area contributed by atoms with E-state index in [0.717, 1.165) is 31.9 Å². The van der Waals surface area contributed by atoms with E-state index in [1.54, 1.807) is 42.3 Å². The van der Waals surface area contributed by atoms with Gasteiger partial charge in [-0.05, 0) is 18.2 Å². The Balaban J connectivity index is 0.00000140. The number of anilines is 1. The van der Waals surface area contributed by atoms with E-state index in [-0.39, 0.29) is 35.6 Å². The van der Waals surface area contributed by atoms with E-state index < -0.39 is 10.0 Å². The molecule has 2 heterocycles. The quantitative estimate of drug-likeness (QED) is 0.726. The van der Waals surface area contributed by atoms with Crippen LogP contribution in [0.25, 0.3) is 10.8 Å². The summed E-state index contributed by atoms with van der Waals surface area (Å²) in [6.07, 6.45) is 0. The van der Waals surface area contributed by atoms with Crippen molar-refractivity contribution in [3.8, 4) is 0 Å². The van der Waals surface area contributed by atoms with E-state index in [9.17, 15) is 13.2 Å². The highest BCUT2D eigenvalue weighted by Gasteiger charge is 2.29. The fourth-order valence-electron chi connectivity index (χ4n) is 3.69. The van der Waals surface area contributed by atoms with E-state index >= 15 is 0 Å². The topological polar surface area (TPSA) is 81.8 Å². The molecule has 1 fully saturated rings. The van der Waals surface area contributed by atoms with Crippen LogP contribution < -0.4 is 14.9 Å². The molecule has 28 heavy (non-hydrogen) atoms. The summed E-state index contributed by atoms with van der Waals surface area (Å²) in [5.41, 5.74) is 1.30. The number of rotatable bonds is 5. The first-order valence-electron chi connectivity index (χ1n) is 8.75. The molecule has 0 aromatic heterocycles. The van der Waals surface area contributed by atoms with Gasteiger partial charge in [-0.1, -0.05) is 12.1 Å². The fraction of sp³-hybridized carbons (Fsp3) is 0.389. The lowest BCUT2D eigenvalue weighted by Crippen LogP contribution is -2.46. The largest absolute Gasteiger partial charge is 0.314 e. The van der Waals surface area contributed by atoms with Crippen LogP contribution >= 0.6 is 24.8 Å². The fourth-order valence-corrected chi connectivity index (χ4v) is 4.92. The van der Waals surface area contributed by atoms with Crippen molar-refractivity contribution in [1.82, 2.24) is 14.9 Å². The summed E-state index contributed by atoms with van der Waals surface area (Å²) in [7, 11) is -1.95. The van der Waals surface area contributed by atoms with Crippen molar-refractivity contribution < 1.29 is 13.2 Å². The van der Waals surface area contributed by atoms with Gasteiger partial charge in [0.15, 0.2) is 0 Å². The zero-order valence-electron chi connectivity index (χ0n) is 15.5. The molecule has 1 amide bonds. The molecule has 154 valence electrons. The number of carbonyl (C=O) groups is 1. The van der Waals surface area contributed by atoms with Gasteiger partial charge in [0.2, 0.25) is 10.0 Å². The highest BCUT2D eigenvalue weighted by molar-refractivity contribution is 7.89. The third-order valence-corrected chi connectivity index (χ3v) is 6.61. The van der Waals surface area contributed by atoms with Crippen LogP contribution in [-0.4, -0.2) is 65.5 Å². The highest BCUT2D eigenvalue weighted by atomic mass is 35.5. The van der Waals surface area contributed by atoms with Gasteiger partial charge in [-0.25, -0.2) is 13.1 Å². The Morgan fingerprint density at radius 3 is 2.54 bits per heavy atom. The summed E-state index contributed by atoms with van der Waals surface area (Å²) >= 11 is 0. The van der Waals surface area contributed by atoms with Gasteiger partial charge >= 0.3 is 0 Å². The molecule has 4 rings (SSSR count). The molecule has 1 saturated heterocycles. The smallest absolute Gasteiger partial charge is 0.258 e. The van der Waals surface area contributed by atoms with Gasteiger partial charge in [0.1, 0.15) is 0 Å². The number of piperazine rings is 1. The number of hydrogen-bond donors (Lipinski definition) is 2. The van der Waals surface area contributed by atoms with E-state index in [1.807, 2.05) is 0 Å². The summed E-state index contributed by atoms with van der Waals surface area (Å²) in [4.78, 5) is 16.4. The van der Waals surface area contributed by atoms with Crippen molar-refractivity contribution in [1.29, 1.82) is 0 Å². The Hall–Kier alpha value is -1.42. The third-order valence-electron chi connectivity index (χ3n) is 5.09. The van der Waals surface area contributed by atoms with E-state index in [2.05, 4.69) is 14.9 Å². The maximum absolute atomic E-state index is 12.9. The molecule has 2 aromatic rings. The van der Waals surface area contributed by atoms with Crippen LogP contribution in [0.4, 0.5) is 5.69 Å². The number of nitrogens with one attached hydrogen (secondary N) is 2. The average Bonchev–Trinajstić information content (AvgIpc) is 2.89. The van der Waals surface area contributed by atoms with Crippen molar-refractivity contribution in [2.24, 2.45) is 0 Å². The summed E-state index contributed by atoms with van der Waals surface area (Å²) in [5.74, 6) is -0.105. The summed E-state index contributed by atoms with van der Waals surface area (Å²) in [6, 6.07) is 8.54. The van der Waals surface area contributed by atoms with Gasteiger partial charge in [-0.3, -0.25) is 9.69 Å². The van der Waals surface area contributed by atoms with Gasteiger partial charge in [-0.2, -0.15) is 0 Å². The van der Waals surface area contributed by atoms with Crippen molar-refractivity contribution in [2.45, 2.75) is 4.90 Å². The lowest BCUT2D eigenvalue weighted by molar-refractivity contribution is 0.0999. The van der Waals surface area contributed by atoms with Crippen LogP contribution in [0, 0.1) is 0 Å². The molecule has 0 saturated carbocycles. The molecule has 7 nitrogen and oxygen atoms in total. The molecule has 2 aromatic carbocycles. The van der Waals surface area contributed by atoms with Gasteiger partial charge < -0.3 is 10.2 Å². The van der Waals surface area contributed by atoms with E-state index in [4.69, 9.17) is 0 Å². The summed E-state index contributed by atoms with van der Waals surface area (Å²) in [5, 5.41) is 4.58. The highest BCUT2D eigenvalue weighted by Crippen LogP contribution is 2.39. The molecule has 0 atom stereocenters. The molecular weight excluding hydrogens is 423 g/mol. The van der Waals surface area contributed by atoms with Crippen LogP contribution in [0.15, 0.2) is 35.2 Å². The Bertz CT molecular complexity index is 978. The minimum absolute atomic E-state index is 0. The van der Waals surface area contributed by atoms with Crippen molar-refractivity contribution in [2.75, 3.05) is 51.2 Å².